The predicted octanol–water partition coefficient (Wildman–Crippen LogP) is 2.87. The van der Waals surface area contributed by atoms with E-state index in [-0.39, 0.29) is 4.99 Å². The Labute approximate surface area is 117 Å². The van der Waals surface area contributed by atoms with E-state index in [2.05, 4.69) is 15.3 Å². The smallest absolute Gasteiger partial charge is 0.388 e. The van der Waals surface area contributed by atoms with Crippen molar-refractivity contribution in [1.82, 2.24) is 9.97 Å². The van der Waals surface area contributed by atoms with E-state index in [1.54, 1.807) is 12.1 Å². The van der Waals surface area contributed by atoms with Gasteiger partial charge in [0.25, 0.3) is 0 Å². The average Bonchev–Trinajstić information content (AvgIpc) is 2.38. The average molecular weight is 298 g/mol. The minimum absolute atomic E-state index is 0.138. The predicted molar refractivity (Wildman–Crippen MR) is 72.6 cm³/mol. The molecule has 0 spiro atoms. The fourth-order valence-electron chi connectivity index (χ4n) is 1.45. The van der Waals surface area contributed by atoms with Crippen LogP contribution in [0.5, 0.6) is 0 Å². The Morgan fingerprint density at radius 3 is 2.45 bits per heavy atom. The van der Waals surface area contributed by atoms with Crippen molar-refractivity contribution in [1.29, 1.82) is 0 Å². The summed E-state index contributed by atoms with van der Waals surface area (Å²) in [6, 6.07) is 5.42. The van der Waals surface area contributed by atoms with Gasteiger partial charge in [-0.2, -0.15) is 13.2 Å². The zero-order valence-corrected chi connectivity index (χ0v) is 10.8. The molecule has 20 heavy (non-hydrogen) atoms. The van der Waals surface area contributed by atoms with Crippen molar-refractivity contribution in [2.24, 2.45) is 5.73 Å². The minimum Gasteiger partial charge on any atom is -0.388 e. The number of anilines is 2. The zero-order valence-electron chi connectivity index (χ0n) is 9.98. The first-order valence-corrected chi connectivity index (χ1v) is 5.83. The van der Waals surface area contributed by atoms with Crippen molar-refractivity contribution < 1.29 is 13.2 Å². The van der Waals surface area contributed by atoms with Crippen molar-refractivity contribution in [3.8, 4) is 0 Å². The van der Waals surface area contributed by atoms with Gasteiger partial charge in [0.2, 0.25) is 0 Å². The summed E-state index contributed by atoms with van der Waals surface area (Å²) in [5.41, 5.74) is 5.94. The Bertz CT molecular complexity index is 625. The first-order chi connectivity index (χ1) is 9.36. The van der Waals surface area contributed by atoms with Crippen LogP contribution in [-0.4, -0.2) is 15.0 Å². The number of nitrogens with zero attached hydrogens (tertiary/aromatic N) is 2. The molecular weight excluding hydrogens is 289 g/mol. The second-order valence-corrected chi connectivity index (χ2v) is 4.29. The number of hydrogen-bond donors (Lipinski definition) is 2. The van der Waals surface area contributed by atoms with Gasteiger partial charge in [-0.1, -0.05) is 12.2 Å². The molecule has 0 fully saturated rings. The maximum absolute atomic E-state index is 12.4. The molecule has 4 nitrogen and oxygen atoms in total. The third-order valence-electron chi connectivity index (χ3n) is 2.35. The SMILES string of the molecule is NC(=S)c1cc(Nc2ccc(C(F)(F)F)nc2)ccn1. The second-order valence-electron chi connectivity index (χ2n) is 3.85. The molecule has 2 rings (SSSR count). The lowest BCUT2D eigenvalue weighted by Gasteiger charge is -2.09. The summed E-state index contributed by atoms with van der Waals surface area (Å²) in [6.07, 6.45) is -1.86. The molecule has 2 aromatic rings. The highest BCUT2D eigenvalue weighted by atomic mass is 32.1. The number of nitrogens with two attached hydrogens (primary N) is 1. The molecule has 0 saturated heterocycles. The Balaban J connectivity index is 2.18. The summed E-state index contributed by atoms with van der Waals surface area (Å²) in [5.74, 6) is 0. The molecule has 0 amide bonds. The number of alkyl halides is 3. The Kier molecular flexibility index (Phi) is 3.84. The van der Waals surface area contributed by atoms with Gasteiger partial charge in [0.05, 0.1) is 17.6 Å². The molecule has 104 valence electrons. The van der Waals surface area contributed by atoms with E-state index in [9.17, 15) is 13.2 Å². The van der Waals surface area contributed by atoms with Gasteiger partial charge in [0.1, 0.15) is 10.7 Å². The molecular formula is C12H9F3N4S. The van der Waals surface area contributed by atoms with Crippen LogP contribution in [-0.2, 0) is 6.18 Å². The van der Waals surface area contributed by atoms with E-state index in [0.29, 0.717) is 17.1 Å². The van der Waals surface area contributed by atoms with Crippen molar-refractivity contribution in [2.75, 3.05) is 5.32 Å². The maximum atomic E-state index is 12.4. The van der Waals surface area contributed by atoms with E-state index in [1.807, 2.05) is 0 Å². The van der Waals surface area contributed by atoms with Crippen LogP contribution in [0.2, 0.25) is 0 Å². The third-order valence-corrected chi connectivity index (χ3v) is 2.56. The molecule has 0 unspecified atom stereocenters. The Hall–Kier alpha value is -2.22. The summed E-state index contributed by atoms with van der Waals surface area (Å²) >= 11 is 4.79. The summed E-state index contributed by atoms with van der Waals surface area (Å²) in [4.78, 5) is 7.44. The van der Waals surface area contributed by atoms with Crippen LogP contribution in [0.1, 0.15) is 11.4 Å². The van der Waals surface area contributed by atoms with Crippen molar-refractivity contribution in [2.45, 2.75) is 6.18 Å². The van der Waals surface area contributed by atoms with E-state index >= 15 is 0 Å². The molecule has 0 aliphatic rings. The first kappa shape index (κ1) is 14.2. The summed E-state index contributed by atoms with van der Waals surface area (Å²) in [5, 5.41) is 2.89. The molecule has 0 bridgehead atoms. The number of aromatic nitrogens is 2. The quantitative estimate of drug-likeness (QED) is 0.853. The Morgan fingerprint density at radius 1 is 1.15 bits per heavy atom. The molecule has 0 aliphatic heterocycles. The van der Waals surface area contributed by atoms with Crippen molar-refractivity contribution in [3.63, 3.8) is 0 Å². The molecule has 8 heteroatoms. The van der Waals surface area contributed by atoms with Crippen LogP contribution < -0.4 is 11.1 Å². The molecule has 0 radical (unpaired) electrons. The Morgan fingerprint density at radius 2 is 1.90 bits per heavy atom. The van der Waals surface area contributed by atoms with Gasteiger partial charge < -0.3 is 11.1 Å². The molecule has 3 N–H and O–H groups in total. The van der Waals surface area contributed by atoms with E-state index in [4.69, 9.17) is 18.0 Å². The normalized spacial score (nSPS) is 11.2. The highest BCUT2D eigenvalue weighted by molar-refractivity contribution is 7.80. The van der Waals surface area contributed by atoms with Crippen LogP contribution in [0.4, 0.5) is 24.5 Å². The van der Waals surface area contributed by atoms with Gasteiger partial charge in [-0.3, -0.25) is 4.98 Å². The highest BCUT2D eigenvalue weighted by Gasteiger charge is 2.31. The largest absolute Gasteiger partial charge is 0.433 e. The number of thiocarbonyl (C=S) groups is 1. The van der Waals surface area contributed by atoms with Crippen molar-refractivity contribution in [3.05, 3.63) is 48.0 Å². The van der Waals surface area contributed by atoms with E-state index < -0.39 is 11.9 Å². The van der Waals surface area contributed by atoms with Crippen LogP contribution in [0.3, 0.4) is 0 Å². The minimum atomic E-state index is -4.45. The van der Waals surface area contributed by atoms with E-state index in [0.717, 1.165) is 12.3 Å². The lowest BCUT2D eigenvalue weighted by atomic mass is 10.3. The monoisotopic (exact) mass is 298 g/mol. The van der Waals surface area contributed by atoms with Gasteiger partial charge in [-0.15, -0.1) is 0 Å². The first-order valence-electron chi connectivity index (χ1n) is 5.42. The number of hydrogen-bond acceptors (Lipinski definition) is 4. The van der Waals surface area contributed by atoms with Crippen molar-refractivity contribution >= 4 is 28.6 Å². The van der Waals surface area contributed by atoms with Crippen LogP contribution in [0, 0.1) is 0 Å². The fourth-order valence-corrected chi connectivity index (χ4v) is 1.56. The zero-order chi connectivity index (χ0) is 14.8. The van der Waals surface area contributed by atoms with Gasteiger partial charge in [0, 0.05) is 11.9 Å². The highest BCUT2D eigenvalue weighted by Crippen LogP contribution is 2.28. The molecule has 0 saturated carbocycles. The molecule has 2 aromatic heterocycles. The molecule has 0 atom stereocenters. The van der Waals surface area contributed by atoms with Gasteiger partial charge in [-0.05, 0) is 24.3 Å². The maximum Gasteiger partial charge on any atom is 0.433 e. The number of pyridine rings is 2. The summed E-state index contributed by atoms with van der Waals surface area (Å²) in [7, 11) is 0. The third kappa shape index (κ3) is 3.41. The topological polar surface area (TPSA) is 63.8 Å². The molecule has 0 aliphatic carbocycles. The second kappa shape index (κ2) is 5.41. The van der Waals surface area contributed by atoms with Gasteiger partial charge >= 0.3 is 6.18 Å². The van der Waals surface area contributed by atoms with Gasteiger partial charge in [0.15, 0.2) is 0 Å². The number of nitrogens with one attached hydrogen (secondary N) is 1. The molecule has 2 heterocycles. The van der Waals surface area contributed by atoms with Crippen LogP contribution in [0.25, 0.3) is 0 Å². The summed E-state index contributed by atoms with van der Waals surface area (Å²) in [6.45, 7) is 0. The van der Waals surface area contributed by atoms with Crippen LogP contribution >= 0.6 is 12.2 Å². The van der Waals surface area contributed by atoms with Crippen LogP contribution in [0.15, 0.2) is 36.7 Å². The molecule has 0 aromatic carbocycles. The standard InChI is InChI=1S/C12H9F3N4S/c13-12(14,15)10-2-1-8(6-18-10)19-7-3-4-17-9(5-7)11(16)20/h1-6H,(H2,16,20)(H,17,19). The lowest BCUT2D eigenvalue weighted by molar-refractivity contribution is -0.141. The van der Waals surface area contributed by atoms with Gasteiger partial charge in [-0.25, -0.2) is 4.98 Å². The lowest BCUT2D eigenvalue weighted by Crippen LogP contribution is -2.11. The fraction of sp³-hybridized carbons (Fsp3) is 0.0833. The number of rotatable bonds is 3. The number of halogens is 3. The summed E-state index contributed by atoms with van der Waals surface area (Å²) < 4.78 is 37.1. The van der Waals surface area contributed by atoms with E-state index in [1.165, 1.54) is 12.3 Å².